The Kier molecular flexibility index (Phi) is 8.66. The summed E-state index contributed by atoms with van der Waals surface area (Å²) in [5.74, 6) is 0.429. The molecular formula is C23H34N2O. The van der Waals surface area contributed by atoms with Gasteiger partial charge in [-0.1, -0.05) is 42.5 Å². The summed E-state index contributed by atoms with van der Waals surface area (Å²) < 4.78 is 5.82. The highest BCUT2D eigenvalue weighted by atomic mass is 16.5. The lowest BCUT2D eigenvalue weighted by Crippen LogP contribution is -2.15. The molecule has 0 aromatic heterocycles. The van der Waals surface area contributed by atoms with Crippen LogP contribution in [-0.2, 0) is 4.74 Å². The minimum Gasteiger partial charge on any atom is -0.381 e. The van der Waals surface area contributed by atoms with E-state index in [4.69, 9.17) is 4.74 Å². The lowest BCUT2D eigenvalue weighted by molar-refractivity contribution is 0.121. The molecule has 0 aliphatic heterocycles. The van der Waals surface area contributed by atoms with Gasteiger partial charge in [0.25, 0.3) is 0 Å². The zero-order chi connectivity index (χ0) is 18.8. The van der Waals surface area contributed by atoms with E-state index in [9.17, 15) is 0 Å². The van der Waals surface area contributed by atoms with Crippen LogP contribution in [0.4, 0.5) is 5.69 Å². The second-order valence-corrected chi connectivity index (χ2v) is 7.36. The summed E-state index contributed by atoms with van der Waals surface area (Å²) in [5, 5.41) is 0. The van der Waals surface area contributed by atoms with Crippen molar-refractivity contribution in [1.82, 2.24) is 4.90 Å². The second-order valence-electron chi connectivity index (χ2n) is 7.36. The molecule has 0 amide bonds. The van der Waals surface area contributed by atoms with Crippen LogP contribution >= 0.6 is 0 Å². The molecule has 0 aliphatic rings. The third-order valence-corrected chi connectivity index (χ3v) is 4.69. The summed E-state index contributed by atoms with van der Waals surface area (Å²) in [7, 11) is 8.37. The quantitative estimate of drug-likeness (QED) is 0.547. The molecule has 0 fully saturated rings. The molecule has 1 atom stereocenters. The first-order valence-corrected chi connectivity index (χ1v) is 9.62. The van der Waals surface area contributed by atoms with Crippen molar-refractivity contribution in [2.45, 2.75) is 25.2 Å². The normalized spacial score (nSPS) is 12.3. The molecule has 2 aromatic rings. The molecule has 3 nitrogen and oxygen atoms in total. The summed E-state index contributed by atoms with van der Waals surface area (Å²) in [6.07, 6.45) is 3.29. The van der Waals surface area contributed by atoms with Crippen LogP contribution in [0.2, 0.25) is 0 Å². The van der Waals surface area contributed by atoms with Gasteiger partial charge >= 0.3 is 0 Å². The summed E-state index contributed by atoms with van der Waals surface area (Å²) in [4.78, 5) is 4.34. The molecule has 0 saturated carbocycles. The van der Waals surface area contributed by atoms with Crippen molar-refractivity contribution >= 4 is 5.69 Å². The van der Waals surface area contributed by atoms with Crippen LogP contribution < -0.4 is 4.90 Å². The molecule has 0 bridgehead atoms. The molecule has 142 valence electrons. The fourth-order valence-electron chi connectivity index (χ4n) is 3.19. The molecule has 2 aromatic carbocycles. The summed E-state index contributed by atoms with van der Waals surface area (Å²) in [5.41, 5.74) is 4.01. The maximum atomic E-state index is 5.82. The van der Waals surface area contributed by atoms with Crippen LogP contribution in [0.15, 0.2) is 54.6 Å². The van der Waals surface area contributed by atoms with Gasteiger partial charge in [0.15, 0.2) is 0 Å². The van der Waals surface area contributed by atoms with Gasteiger partial charge in [-0.3, -0.25) is 0 Å². The second kappa shape index (κ2) is 11.0. The molecule has 0 saturated heterocycles. The van der Waals surface area contributed by atoms with Crippen LogP contribution in [0.3, 0.4) is 0 Å². The van der Waals surface area contributed by atoms with Crippen LogP contribution in [0, 0.1) is 0 Å². The Bertz CT molecular complexity index is 608. The predicted molar refractivity (Wildman–Crippen MR) is 112 cm³/mol. The SMILES string of the molecule is CN(C)CCCOCCCC(c1ccccc1)c1ccc(N(C)C)cc1. The summed E-state index contributed by atoms with van der Waals surface area (Å²) in [6.45, 7) is 2.78. The number of ether oxygens (including phenoxy) is 1. The van der Waals surface area contributed by atoms with Gasteiger partial charge in [0.05, 0.1) is 0 Å². The van der Waals surface area contributed by atoms with E-state index in [1.165, 1.54) is 16.8 Å². The Morgan fingerprint density at radius 1 is 0.769 bits per heavy atom. The lowest BCUT2D eigenvalue weighted by atomic mass is 9.87. The molecule has 0 heterocycles. The summed E-state index contributed by atoms with van der Waals surface area (Å²) >= 11 is 0. The van der Waals surface area contributed by atoms with Crippen molar-refractivity contribution in [3.63, 3.8) is 0 Å². The minimum absolute atomic E-state index is 0.429. The number of hydrogen-bond acceptors (Lipinski definition) is 3. The van der Waals surface area contributed by atoms with Crippen molar-refractivity contribution in [3.8, 4) is 0 Å². The predicted octanol–water partition coefficient (Wildman–Crippen LogP) is 4.63. The Hall–Kier alpha value is -1.84. The highest BCUT2D eigenvalue weighted by Crippen LogP contribution is 2.30. The monoisotopic (exact) mass is 354 g/mol. The molecule has 0 spiro atoms. The Morgan fingerprint density at radius 3 is 2.00 bits per heavy atom. The number of nitrogens with zero attached hydrogens (tertiary/aromatic N) is 2. The van der Waals surface area contributed by atoms with Crippen LogP contribution in [0.5, 0.6) is 0 Å². The average molecular weight is 355 g/mol. The Morgan fingerprint density at radius 2 is 1.38 bits per heavy atom. The largest absolute Gasteiger partial charge is 0.381 e. The minimum atomic E-state index is 0.429. The molecule has 0 radical (unpaired) electrons. The van der Waals surface area contributed by atoms with Gasteiger partial charge in [-0.15, -0.1) is 0 Å². The first-order chi connectivity index (χ1) is 12.6. The molecular weight excluding hydrogens is 320 g/mol. The van der Waals surface area contributed by atoms with Crippen molar-refractivity contribution < 1.29 is 4.74 Å². The van der Waals surface area contributed by atoms with E-state index < -0.39 is 0 Å². The van der Waals surface area contributed by atoms with E-state index in [0.717, 1.165) is 39.0 Å². The van der Waals surface area contributed by atoms with Crippen molar-refractivity contribution in [2.24, 2.45) is 0 Å². The molecule has 3 heteroatoms. The molecule has 0 aliphatic carbocycles. The van der Waals surface area contributed by atoms with Crippen LogP contribution in [0.25, 0.3) is 0 Å². The Balaban J connectivity index is 1.93. The van der Waals surface area contributed by atoms with Crippen LogP contribution in [-0.4, -0.2) is 52.8 Å². The highest BCUT2D eigenvalue weighted by molar-refractivity contribution is 5.47. The van der Waals surface area contributed by atoms with E-state index in [1.807, 2.05) is 0 Å². The fourth-order valence-corrected chi connectivity index (χ4v) is 3.19. The maximum absolute atomic E-state index is 5.82. The van der Waals surface area contributed by atoms with Gasteiger partial charge in [-0.25, -0.2) is 0 Å². The van der Waals surface area contributed by atoms with Crippen molar-refractivity contribution in [2.75, 3.05) is 52.8 Å². The van der Waals surface area contributed by atoms with Crippen LogP contribution in [0.1, 0.15) is 36.3 Å². The average Bonchev–Trinajstić information content (AvgIpc) is 2.64. The topological polar surface area (TPSA) is 15.7 Å². The third kappa shape index (κ3) is 6.81. The number of rotatable bonds is 11. The van der Waals surface area contributed by atoms with E-state index in [2.05, 4.69) is 92.6 Å². The van der Waals surface area contributed by atoms with Crippen molar-refractivity contribution in [3.05, 3.63) is 65.7 Å². The van der Waals surface area contributed by atoms with Crippen molar-refractivity contribution in [1.29, 1.82) is 0 Å². The molecule has 2 rings (SSSR count). The van der Waals surface area contributed by atoms with Gasteiger partial charge in [0.1, 0.15) is 0 Å². The number of anilines is 1. The van der Waals surface area contributed by atoms with E-state index in [-0.39, 0.29) is 0 Å². The van der Waals surface area contributed by atoms with E-state index >= 15 is 0 Å². The molecule has 0 N–H and O–H groups in total. The molecule has 1 unspecified atom stereocenters. The zero-order valence-corrected chi connectivity index (χ0v) is 16.8. The third-order valence-electron chi connectivity index (χ3n) is 4.69. The van der Waals surface area contributed by atoms with Gasteiger partial charge in [-0.05, 0) is 63.2 Å². The highest BCUT2D eigenvalue weighted by Gasteiger charge is 2.14. The zero-order valence-electron chi connectivity index (χ0n) is 16.8. The van der Waals surface area contributed by atoms with Gasteiger partial charge in [-0.2, -0.15) is 0 Å². The first-order valence-electron chi connectivity index (χ1n) is 9.62. The maximum Gasteiger partial charge on any atom is 0.0478 e. The fraction of sp³-hybridized carbons (Fsp3) is 0.478. The number of benzene rings is 2. The summed E-state index contributed by atoms with van der Waals surface area (Å²) in [6, 6.07) is 19.8. The van der Waals surface area contributed by atoms with Gasteiger partial charge < -0.3 is 14.5 Å². The molecule has 26 heavy (non-hydrogen) atoms. The first kappa shape index (κ1) is 20.5. The van der Waals surface area contributed by atoms with Gasteiger partial charge in [0.2, 0.25) is 0 Å². The van der Waals surface area contributed by atoms with E-state index in [0.29, 0.717) is 5.92 Å². The smallest absolute Gasteiger partial charge is 0.0478 e. The van der Waals surface area contributed by atoms with Gasteiger partial charge in [0, 0.05) is 38.9 Å². The standard InChI is InChI=1S/C23H34N2O/c1-24(2)17-9-19-26-18-8-12-23(20-10-6-5-7-11-20)21-13-15-22(16-14-21)25(3)4/h5-7,10-11,13-16,23H,8-9,12,17-19H2,1-4H3. The number of hydrogen-bond donors (Lipinski definition) is 0. The Labute approximate surface area is 159 Å². The van der Waals surface area contributed by atoms with E-state index in [1.54, 1.807) is 0 Å². The lowest BCUT2D eigenvalue weighted by Gasteiger charge is -2.20.